The topological polar surface area (TPSA) is 165 Å². The second-order valence-corrected chi connectivity index (χ2v) is 9.54. The molecule has 2 unspecified atom stereocenters. The molecule has 2 aliphatic rings. The van der Waals surface area contributed by atoms with Crippen LogP contribution >= 0.6 is 0 Å². The summed E-state index contributed by atoms with van der Waals surface area (Å²) < 4.78 is 26.2. The van der Waals surface area contributed by atoms with Crippen LogP contribution in [0, 0.1) is 0 Å². The first-order valence-electron chi connectivity index (χ1n) is 10.3. The molecule has 0 spiro atoms. The van der Waals surface area contributed by atoms with Gasteiger partial charge in [-0.3, -0.25) is 9.89 Å². The second kappa shape index (κ2) is 8.07. The van der Waals surface area contributed by atoms with E-state index >= 15 is 0 Å². The highest BCUT2D eigenvalue weighted by Crippen LogP contribution is 2.42. The lowest BCUT2D eigenvalue weighted by atomic mass is 9.95. The van der Waals surface area contributed by atoms with E-state index in [9.17, 15) is 13.2 Å². The number of nitrogens with zero attached hydrogens (tertiary/aromatic N) is 6. The van der Waals surface area contributed by atoms with Crippen LogP contribution < -0.4 is 9.86 Å². The van der Waals surface area contributed by atoms with Crippen LogP contribution in [0.1, 0.15) is 47.8 Å². The summed E-state index contributed by atoms with van der Waals surface area (Å²) in [7, 11) is -3.79. The van der Waals surface area contributed by atoms with Crippen molar-refractivity contribution in [2.45, 2.75) is 50.4 Å². The fourth-order valence-electron chi connectivity index (χ4n) is 4.79. The van der Waals surface area contributed by atoms with Gasteiger partial charge in [0.15, 0.2) is 5.82 Å². The molecule has 32 heavy (non-hydrogen) atoms. The highest BCUT2D eigenvalue weighted by atomic mass is 32.2. The van der Waals surface area contributed by atoms with Crippen molar-refractivity contribution in [3.05, 3.63) is 48.0 Å². The number of nitrogens with two attached hydrogens (primary N) is 1. The van der Waals surface area contributed by atoms with E-state index in [0.29, 0.717) is 17.1 Å². The summed E-state index contributed by atoms with van der Waals surface area (Å²) in [4.78, 5) is 19.8. The maximum Gasteiger partial charge on any atom is 0.274 e. The molecular weight excluding hydrogens is 434 g/mol. The zero-order valence-electron chi connectivity index (χ0n) is 17.1. The fraction of sp³-hybridized carbons (Fsp3) is 0.421. The maximum atomic E-state index is 13.6. The Hall–Kier alpha value is -3.16. The number of aromatic nitrogens is 6. The molecule has 0 aliphatic carbocycles. The van der Waals surface area contributed by atoms with Crippen molar-refractivity contribution in [3.63, 3.8) is 0 Å². The molecule has 2 aliphatic heterocycles. The largest absolute Gasteiger partial charge is 0.332 e. The minimum atomic E-state index is -3.79. The smallest absolute Gasteiger partial charge is 0.274 e. The summed E-state index contributed by atoms with van der Waals surface area (Å²) in [6.45, 7) is -0.0125. The Morgan fingerprint density at radius 1 is 1.19 bits per heavy atom. The van der Waals surface area contributed by atoms with Gasteiger partial charge >= 0.3 is 0 Å². The van der Waals surface area contributed by atoms with Gasteiger partial charge in [0.2, 0.25) is 0 Å². The number of carbonyl (C=O) groups is 1. The van der Waals surface area contributed by atoms with Crippen LogP contribution in [0.15, 0.2) is 36.8 Å². The second-order valence-electron chi connectivity index (χ2n) is 8.16. The van der Waals surface area contributed by atoms with Gasteiger partial charge < -0.3 is 4.90 Å². The lowest BCUT2D eigenvalue weighted by Crippen LogP contribution is -2.47. The number of benzene rings is 1. The number of fused-ring (bicyclic) bond motifs is 2. The lowest BCUT2D eigenvalue weighted by molar-refractivity contribution is 0.0523. The summed E-state index contributed by atoms with van der Waals surface area (Å²) in [6.07, 6.45) is 6.56. The highest BCUT2D eigenvalue weighted by Gasteiger charge is 2.44. The van der Waals surface area contributed by atoms with Crippen molar-refractivity contribution in [2.24, 2.45) is 5.14 Å². The number of hydrogen-bond donors (Lipinski definition) is 3. The van der Waals surface area contributed by atoms with Crippen molar-refractivity contribution < 1.29 is 13.2 Å². The third-order valence-corrected chi connectivity index (χ3v) is 6.70. The number of H-pyrrole nitrogens is 1. The van der Waals surface area contributed by atoms with Gasteiger partial charge in [-0.2, -0.15) is 18.2 Å². The van der Waals surface area contributed by atoms with Crippen LogP contribution in [0.2, 0.25) is 0 Å². The van der Waals surface area contributed by atoms with E-state index in [2.05, 4.69) is 30.2 Å². The van der Waals surface area contributed by atoms with Crippen molar-refractivity contribution >= 4 is 16.1 Å². The molecule has 12 nitrogen and oxygen atoms in total. The fourth-order valence-corrected chi connectivity index (χ4v) is 5.14. The van der Waals surface area contributed by atoms with E-state index in [1.54, 1.807) is 10.9 Å². The number of piperidine rings is 1. The number of aromatic amines is 1. The average molecular weight is 458 g/mol. The molecule has 4 N–H and O–H groups in total. The molecule has 2 aromatic heterocycles. The van der Waals surface area contributed by atoms with Gasteiger partial charge in [0.1, 0.15) is 6.33 Å². The van der Waals surface area contributed by atoms with Crippen LogP contribution in [0.25, 0.3) is 11.4 Å². The van der Waals surface area contributed by atoms with Crippen LogP contribution in [0.3, 0.4) is 0 Å². The molecule has 0 radical (unpaired) electrons. The van der Waals surface area contributed by atoms with Crippen molar-refractivity contribution in [2.75, 3.05) is 0 Å². The predicted molar refractivity (Wildman–Crippen MR) is 113 cm³/mol. The summed E-state index contributed by atoms with van der Waals surface area (Å²) in [5.41, 5.74) is 1.84. The van der Waals surface area contributed by atoms with Gasteiger partial charge in [-0.05, 0) is 31.7 Å². The highest BCUT2D eigenvalue weighted by molar-refractivity contribution is 7.87. The standard InChI is InChI=1S/C19H23N9O3S/c20-32(30,31)23-9-12-10-27(26-24-12)15-7-13-5-6-14(8-15)28(13)19(29)17-4-2-1-3-16(17)18-21-11-22-25-18/h1-4,10-11,13-15,23H,5-9H2,(H2,20,30,31)(H,21,22,25). The molecule has 13 heteroatoms. The van der Waals surface area contributed by atoms with Gasteiger partial charge in [0.25, 0.3) is 16.1 Å². The molecule has 5 rings (SSSR count). The quantitative estimate of drug-likeness (QED) is 0.481. The van der Waals surface area contributed by atoms with E-state index in [1.807, 2.05) is 29.2 Å². The first kappa shape index (κ1) is 20.7. The zero-order valence-corrected chi connectivity index (χ0v) is 17.9. The Bertz CT molecular complexity index is 1210. The summed E-state index contributed by atoms with van der Waals surface area (Å²) in [5, 5.41) is 19.9. The molecular formula is C19H23N9O3S. The molecule has 2 fully saturated rings. The van der Waals surface area contributed by atoms with E-state index in [-0.39, 0.29) is 30.6 Å². The van der Waals surface area contributed by atoms with E-state index in [1.165, 1.54) is 6.33 Å². The molecule has 168 valence electrons. The third kappa shape index (κ3) is 4.01. The average Bonchev–Trinajstić information content (AvgIpc) is 3.51. The number of hydrogen-bond acceptors (Lipinski definition) is 7. The molecule has 4 heterocycles. The van der Waals surface area contributed by atoms with Gasteiger partial charge in [-0.1, -0.05) is 23.4 Å². The number of carbonyl (C=O) groups excluding carboxylic acids is 1. The molecule has 3 aromatic rings. The molecule has 2 saturated heterocycles. The van der Waals surface area contributed by atoms with Gasteiger partial charge in [-0.15, -0.1) is 5.10 Å². The molecule has 2 bridgehead atoms. The first-order chi connectivity index (χ1) is 15.4. The van der Waals surface area contributed by atoms with Crippen LogP contribution in [0.5, 0.6) is 0 Å². The molecule has 2 atom stereocenters. The summed E-state index contributed by atoms with van der Waals surface area (Å²) in [5.74, 6) is 0.569. The Labute approximate surface area is 184 Å². The number of rotatable bonds is 6. The first-order valence-corrected chi connectivity index (χ1v) is 11.9. The maximum absolute atomic E-state index is 13.6. The molecule has 0 saturated carbocycles. The van der Waals surface area contributed by atoms with E-state index < -0.39 is 10.2 Å². The number of amides is 1. The Morgan fingerprint density at radius 2 is 1.94 bits per heavy atom. The van der Waals surface area contributed by atoms with Crippen molar-refractivity contribution in [3.8, 4) is 11.4 Å². The SMILES string of the molecule is NS(=O)(=O)NCc1cn(C2CC3CCC(C2)N3C(=O)c2ccccc2-c2ncn[nH]2)nn1. The predicted octanol–water partition coefficient (Wildman–Crippen LogP) is 0.365. The van der Waals surface area contributed by atoms with Gasteiger partial charge in [-0.25, -0.2) is 14.8 Å². The van der Waals surface area contributed by atoms with Crippen LogP contribution in [-0.4, -0.2) is 61.5 Å². The zero-order chi connectivity index (χ0) is 22.3. The minimum absolute atomic E-state index is 0.000387. The Kier molecular flexibility index (Phi) is 5.23. The summed E-state index contributed by atoms with van der Waals surface area (Å²) in [6, 6.07) is 7.73. The van der Waals surface area contributed by atoms with Crippen LogP contribution in [-0.2, 0) is 16.8 Å². The lowest BCUT2D eigenvalue weighted by Gasteiger charge is -2.39. The normalized spacial score (nSPS) is 22.9. The van der Waals surface area contributed by atoms with Crippen molar-refractivity contribution in [1.82, 2.24) is 39.8 Å². The van der Waals surface area contributed by atoms with E-state index in [4.69, 9.17) is 5.14 Å². The third-order valence-electron chi connectivity index (χ3n) is 6.16. The number of nitrogens with one attached hydrogen (secondary N) is 2. The van der Waals surface area contributed by atoms with Crippen LogP contribution in [0.4, 0.5) is 0 Å². The Balaban J connectivity index is 1.33. The summed E-state index contributed by atoms with van der Waals surface area (Å²) >= 11 is 0. The minimum Gasteiger partial charge on any atom is -0.332 e. The molecule has 1 aromatic carbocycles. The van der Waals surface area contributed by atoms with E-state index in [0.717, 1.165) is 31.2 Å². The molecule has 1 amide bonds. The Morgan fingerprint density at radius 3 is 2.62 bits per heavy atom. The van der Waals surface area contributed by atoms with Gasteiger partial charge in [0.05, 0.1) is 30.0 Å². The van der Waals surface area contributed by atoms with Gasteiger partial charge in [0, 0.05) is 17.6 Å². The monoisotopic (exact) mass is 457 g/mol. The van der Waals surface area contributed by atoms with Crippen molar-refractivity contribution in [1.29, 1.82) is 0 Å².